The summed E-state index contributed by atoms with van der Waals surface area (Å²) in [5.41, 5.74) is 1.20. The SMILES string of the molecule is Cc1ncc(-c2cccc(OCCC[N+]34CCN(CC3)CC4)c2)s1. The van der Waals surface area contributed by atoms with Gasteiger partial charge >= 0.3 is 0 Å². The summed E-state index contributed by atoms with van der Waals surface area (Å²) in [5, 5.41) is 1.10. The van der Waals surface area contributed by atoms with Crippen LogP contribution in [0.1, 0.15) is 11.4 Å². The van der Waals surface area contributed by atoms with Crippen molar-refractivity contribution in [3.8, 4) is 16.2 Å². The molecular formula is C19H26N3OS+. The van der Waals surface area contributed by atoms with E-state index in [1.54, 1.807) is 11.3 Å². The summed E-state index contributed by atoms with van der Waals surface area (Å²) in [6, 6.07) is 8.40. The molecule has 3 aliphatic heterocycles. The van der Waals surface area contributed by atoms with Crippen molar-refractivity contribution in [2.75, 3.05) is 52.4 Å². The number of hydrogen-bond acceptors (Lipinski definition) is 4. The summed E-state index contributed by atoms with van der Waals surface area (Å²) < 4.78 is 7.35. The Balaban J connectivity index is 1.30. The molecule has 3 saturated heterocycles. The summed E-state index contributed by atoms with van der Waals surface area (Å²) in [5.74, 6) is 0.974. The summed E-state index contributed by atoms with van der Waals surface area (Å²) in [6.45, 7) is 12.0. The summed E-state index contributed by atoms with van der Waals surface area (Å²) >= 11 is 1.73. The van der Waals surface area contributed by atoms with Crippen LogP contribution in [0.25, 0.3) is 10.4 Å². The van der Waals surface area contributed by atoms with Gasteiger partial charge in [0.1, 0.15) is 5.75 Å². The first kappa shape index (κ1) is 16.1. The zero-order valence-corrected chi connectivity index (χ0v) is 15.2. The molecular weight excluding hydrogens is 318 g/mol. The highest BCUT2D eigenvalue weighted by Crippen LogP contribution is 2.28. The van der Waals surface area contributed by atoms with E-state index in [1.165, 1.54) is 60.7 Å². The van der Waals surface area contributed by atoms with Crippen molar-refractivity contribution in [2.45, 2.75) is 13.3 Å². The topological polar surface area (TPSA) is 25.4 Å². The molecule has 4 nitrogen and oxygen atoms in total. The van der Waals surface area contributed by atoms with Gasteiger partial charge in [-0.25, -0.2) is 4.98 Å². The molecule has 1 aromatic carbocycles. The molecule has 5 rings (SSSR count). The average molecular weight is 345 g/mol. The van der Waals surface area contributed by atoms with E-state index < -0.39 is 0 Å². The average Bonchev–Trinajstić information content (AvgIpc) is 3.07. The van der Waals surface area contributed by atoms with E-state index in [2.05, 4.69) is 34.1 Å². The van der Waals surface area contributed by atoms with E-state index in [9.17, 15) is 0 Å². The number of nitrogens with zero attached hydrogens (tertiary/aromatic N) is 3. The molecule has 0 N–H and O–H groups in total. The Morgan fingerprint density at radius 1 is 1.21 bits per heavy atom. The van der Waals surface area contributed by atoms with Crippen LogP contribution < -0.4 is 4.74 Å². The minimum absolute atomic E-state index is 0.814. The molecule has 0 radical (unpaired) electrons. The Labute approximate surface area is 148 Å². The highest BCUT2D eigenvalue weighted by Gasteiger charge is 2.37. The fourth-order valence-corrected chi connectivity index (χ4v) is 4.66. The van der Waals surface area contributed by atoms with Gasteiger partial charge in [0, 0.05) is 32.3 Å². The molecule has 0 amide bonds. The lowest BCUT2D eigenvalue weighted by atomic mass is 10.1. The molecule has 5 heteroatoms. The first-order valence-corrected chi connectivity index (χ1v) is 9.77. The van der Waals surface area contributed by atoms with Crippen LogP contribution in [0, 0.1) is 6.92 Å². The maximum atomic E-state index is 6.03. The molecule has 128 valence electrons. The van der Waals surface area contributed by atoms with Gasteiger partial charge in [-0.3, -0.25) is 4.90 Å². The Bertz CT molecular complexity index is 678. The zero-order valence-electron chi connectivity index (χ0n) is 14.4. The first-order chi connectivity index (χ1) is 11.7. The fraction of sp³-hybridized carbons (Fsp3) is 0.526. The second-order valence-corrected chi connectivity index (χ2v) is 8.29. The zero-order chi connectivity index (χ0) is 16.4. The molecule has 24 heavy (non-hydrogen) atoms. The molecule has 0 atom stereocenters. The minimum Gasteiger partial charge on any atom is -0.493 e. The number of piperazine rings is 3. The van der Waals surface area contributed by atoms with Crippen molar-refractivity contribution in [1.29, 1.82) is 0 Å². The second-order valence-electron chi connectivity index (χ2n) is 7.05. The van der Waals surface area contributed by atoms with Gasteiger partial charge in [0.05, 0.1) is 42.7 Å². The quantitative estimate of drug-likeness (QED) is 0.595. The lowest BCUT2D eigenvalue weighted by molar-refractivity contribution is -0.941. The van der Waals surface area contributed by atoms with Crippen LogP contribution >= 0.6 is 11.3 Å². The predicted molar refractivity (Wildman–Crippen MR) is 98.6 cm³/mol. The van der Waals surface area contributed by atoms with Crippen molar-refractivity contribution in [2.24, 2.45) is 0 Å². The number of rotatable bonds is 6. The third-order valence-electron chi connectivity index (χ3n) is 5.46. The smallest absolute Gasteiger partial charge is 0.119 e. The molecule has 3 fully saturated rings. The summed E-state index contributed by atoms with van der Waals surface area (Å²) in [4.78, 5) is 8.15. The molecule has 3 aliphatic rings. The molecule has 0 unspecified atom stereocenters. The number of ether oxygens (including phenoxy) is 1. The van der Waals surface area contributed by atoms with Crippen molar-refractivity contribution in [3.05, 3.63) is 35.5 Å². The predicted octanol–water partition coefficient (Wildman–Crippen LogP) is 3.03. The highest BCUT2D eigenvalue weighted by atomic mass is 32.1. The molecule has 0 aliphatic carbocycles. The van der Waals surface area contributed by atoms with E-state index in [4.69, 9.17) is 4.74 Å². The Morgan fingerprint density at radius 3 is 2.71 bits per heavy atom. The molecule has 0 saturated carbocycles. The van der Waals surface area contributed by atoms with Gasteiger partial charge in [0.25, 0.3) is 0 Å². The van der Waals surface area contributed by atoms with Gasteiger partial charge < -0.3 is 9.22 Å². The van der Waals surface area contributed by atoms with Crippen LogP contribution in [0.2, 0.25) is 0 Å². The molecule has 4 heterocycles. The fourth-order valence-electron chi connectivity index (χ4n) is 3.89. The van der Waals surface area contributed by atoms with Gasteiger partial charge in [-0.15, -0.1) is 11.3 Å². The van der Waals surface area contributed by atoms with E-state index in [0.29, 0.717) is 0 Å². The van der Waals surface area contributed by atoms with Crippen LogP contribution in [-0.4, -0.2) is 66.8 Å². The summed E-state index contributed by atoms with van der Waals surface area (Å²) in [6.07, 6.45) is 3.09. The van der Waals surface area contributed by atoms with Crippen LogP contribution in [-0.2, 0) is 0 Å². The Kier molecular flexibility index (Phi) is 4.57. The maximum Gasteiger partial charge on any atom is 0.119 e. The first-order valence-electron chi connectivity index (χ1n) is 8.96. The van der Waals surface area contributed by atoms with Crippen molar-refractivity contribution >= 4 is 11.3 Å². The van der Waals surface area contributed by atoms with E-state index in [1.807, 2.05) is 13.1 Å². The lowest BCUT2D eigenvalue weighted by Crippen LogP contribution is -2.67. The normalized spacial score (nSPS) is 25.8. The Morgan fingerprint density at radius 2 is 2.00 bits per heavy atom. The molecule has 2 bridgehead atoms. The second kappa shape index (κ2) is 6.82. The molecule has 0 spiro atoms. The van der Waals surface area contributed by atoms with Gasteiger partial charge in [0.15, 0.2) is 0 Å². The number of aromatic nitrogens is 1. The van der Waals surface area contributed by atoms with Crippen molar-refractivity contribution < 1.29 is 9.22 Å². The van der Waals surface area contributed by atoms with Gasteiger partial charge in [-0.1, -0.05) is 12.1 Å². The van der Waals surface area contributed by atoms with Crippen LogP contribution in [0.3, 0.4) is 0 Å². The van der Waals surface area contributed by atoms with E-state index in [0.717, 1.165) is 23.8 Å². The summed E-state index contributed by atoms with van der Waals surface area (Å²) in [7, 11) is 0. The number of quaternary nitrogens is 1. The van der Waals surface area contributed by atoms with Gasteiger partial charge in [-0.05, 0) is 24.6 Å². The number of benzene rings is 1. The third kappa shape index (κ3) is 3.48. The standard InChI is InChI=1S/C19H26N3OS/c1-16-20-15-19(24-16)17-4-2-5-18(14-17)23-13-3-9-22-10-6-21(7-11-22)8-12-22/h2,4-5,14-15H,3,6-13H2,1H3/q+1. The van der Waals surface area contributed by atoms with Gasteiger partial charge in [0.2, 0.25) is 0 Å². The monoisotopic (exact) mass is 344 g/mol. The highest BCUT2D eigenvalue weighted by molar-refractivity contribution is 7.15. The molecule has 1 aromatic heterocycles. The minimum atomic E-state index is 0.814. The van der Waals surface area contributed by atoms with E-state index in [-0.39, 0.29) is 0 Å². The largest absolute Gasteiger partial charge is 0.493 e. The molecule has 2 aromatic rings. The lowest BCUT2D eigenvalue weighted by Gasteiger charge is -2.50. The number of hydrogen-bond donors (Lipinski definition) is 0. The van der Waals surface area contributed by atoms with Gasteiger partial charge in [-0.2, -0.15) is 0 Å². The Hall–Kier alpha value is -1.43. The van der Waals surface area contributed by atoms with Crippen molar-refractivity contribution in [1.82, 2.24) is 9.88 Å². The van der Waals surface area contributed by atoms with Crippen LogP contribution in [0.5, 0.6) is 5.75 Å². The van der Waals surface area contributed by atoms with Crippen LogP contribution in [0.15, 0.2) is 30.5 Å². The maximum absolute atomic E-state index is 6.03. The van der Waals surface area contributed by atoms with Crippen molar-refractivity contribution in [3.63, 3.8) is 0 Å². The van der Waals surface area contributed by atoms with E-state index >= 15 is 0 Å². The van der Waals surface area contributed by atoms with Crippen LogP contribution in [0.4, 0.5) is 0 Å². The third-order valence-corrected chi connectivity index (χ3v) is 6.42. The number of thiazole rings is 1. The number of fused-ring (bicyclic) bond motifs is 3. The number of aryl methyl sites for hydroxylation is 1.